The van der Waals surface area contributed by atoms with Crippen molar-refractivity contribution in [2.45, 2.75) is 13.8 Å². The van der Waals surface area contributed by atoms with Crippen LogP contribution in [-0.2, 0) is 0 Å². The van der Waals surface area contributed by atoms with E-state index in [4.69, 9.17) is 4.52 Å². The summed E-state index contributed by atoms with van der Waals surface area (Å²) in [7, 11) is 0. The molecule has 0 bridgehead atoms. The van der Waals surface area contributed by atoms with Gasteiger partial charge in [0.25, 0.3) is 11.7 Å². The molecule has 9 heteroatoms. The Hall–Kier alpha value is -3.62. The molecule has 0 spiro atoms. The van der Waals surface area contributed by atoms with Gasteiger partial charge in [-0.15, -0.1) is 0 Å². The molecule has 3 aromatic heterocycles. The van der Waals surface area contributed by atoms with Crippen molar-refractivity contribution >= 4 is 17.4 Å². The molecule has 0 saturated heterocycles. The van der Waals surface area contributed by atoms with E-state index in [9.17, 15) is 9.18 Å². The third-order valence-electron chi connectivity index (χ3n) is 3.90. The van der Waals surface area contributed by atoms with Gasteiger partial charge in [-0.25, -0.2) is 9.37 Å². The second-order valence-electron chi connectivity index (χ2n) is 5.66. The van der Waals surface area contributed by atoms with Crippen LogP contribution in [0, 0.1) is 19.7 Å². The van der Waals surface area contributed by atoms with Crippen LogP contribution in [0.5, 0.6) is 0 Å². The number of halogens is 1. The normalized spacial score (nSPS) is 11.0. The van der Waals surface area contributed by atoms with Gasteiger partial charge < -0.3 is 9.84 Å². The molecule has 4 aromatic rings. The summed E-state index contributed by atoms with van der Waals surface area (Å²) in [4.78, 5) is 21.2. The van der Waals surface area contributed by atoms with Crippen molar-refractivity contribution in [3.8, 4) is 11.3 Å². The summed E-state index contributed by atoms with van der Waals surface area (Å²) in [6.07, 6.45) is 1.31. The molecule has 1 amide bonds. The molecule has 26 heavy (non-hydrogen) atoms. The van der Waals surface area contributed by atoms with E-state index < -0.39 is 5.91 Å². The van der Waals surface area contributed by atoms with Gasteiger partial charge in [-0.1, -0.05) is 5.16 Å². The van der Waals surface area contributed by atoms with Gasteiger partial charge in [0.15, 0.2) is 5.76 Å². The molecule has 0 aliphatic carbocycles. The lowest BCUT2D eigenvalue weighted by molar-refractivity contribution is 0.101. The highest BCUT2D eigenvalue weighted by atomic mass is 19.1. The van der Waals surface area contributed by atoms with E-state index in [1.165, 1.54) is 23.0 Å². The highest BCUT2D eigenvalue weighted by Gasteiger charge is 2.19. The predicted molar refractivity (Wildman–Crippen MR) is 90.1 cm³/mol. The molecule has 0 unspecified atom stereocenters. The summed E-state index contributed by atoms with van der Waals surface area (Å²) in [5, 5.41) is 10.6. The number of nitrogens with zero attached hydrogens (tertiary/aromatic N) is 5. The second-order valence-corrected chi connectivity index (χ2v) is 5.66. The Morgan fingerprint density at radius 3 is 2.69 bits per heavy atom. The quantitative estimate of drug-likeness (QED) is 0.609. The van der Waals surface area contributed by atoms with Crippen LogP contribution in [0.3, 0.4) is 0 Å². The first-order valence-electron chi connectivity index (χ1n) is 7.74. The van der Waals surface area contributed by atoms with Gasteiger partial charge in [-0.2, -0.15) is 14.6 Å². The van der Waals surface area contributed by atoms with E-state index in [0.29, 0.717) is 28.4 Å². The fourth-order valence-electron chi connectivity index (χ4n) is 2.58. The number of benzene rings is 1. The number of hydrogen-bond donors (Lipinski definition) is 1. The summed E-state index contributed by atoms with van der Waals surface area (Å²) < 4.78 is 19.6. The molecule has 4 rings (SSSR count). The number of fused-ring (bicyclic) bond motifs is 1. The largest absolute Gasteiger partial charge is 0.359 e. The monoisotopic (exact) mass is 352 g/mol. The van der Waals surface area contributed by atoms with Crippen molar-refractivity contribution in [1.82, 2.24) is 24.7 Å². The third-order valence-corrected chi connectivity index (χ3v) is 3.90. The first kappa shape index (κ1) is 15.9. The lowest BCUT2D eigenvalue weighted by Gasteiger charge is -2.08. The molecule has 1 N–H and O–H groups in total. The number of amides is 1. The first-order valence-corrected chi connectivity index (χ1v) is 7.74. The average molecular weight is 352 g/mol. The van der Waals surface area contributed by atoms with Crippen LogP contribution in [0.15, 0.2) is 41.2 Å². The number of rotatable bonds is 3. The van der Waals surface area contributed by atoms with E-state index in [1.54, 1.807) is 32.0 Å². The Bertz CT molecular complexity index is 1100. The van der Waals surface area contributed by atoms with Crippen molar-refractivity contribution in [2.24, 2.45) is 0 Å². The zero-order valence-corrected chi connectivity index (χ0v) is 13.9. The maximum Gasteiger partial charge on any atom is 0.274 e. The van der Waals surface area contributed by atoms with Crippen LogP contribution in [0.4, 0.5) is 10.1 Å². The zero-order valence-electron chi connectivity index (χ0n) is 13.9. The lowest BCUT2D eigenvalue weighted by Crippen LogP contribution is -2.18. The zero-order chi connectivity index (χ0) is 18.3. The molecule has 0 radical (unpaired) electrons. The molecule has 1 aromatic carbocycles. The number of nitrogens with one attached hydrogen (secondary N) is 1. The van der Waals surface area contributed by atoms with Gasteiger partial charge in [0.2, 0.25) is 0 Å². The van der Waals surface area contributed by atoms with E-state index in [2.05, 4.69) is 25.5 Å². The van der Waals surface area contributed by atoms with Crippen LogP contribution in [0.1, 0.15) is 21.9 Å². The molecule has 0 aliphatic rings. The molecule has 0 atom stereocenters. The van der Waals surface area contributed by atoms with Crippen molar-refractivity contribution in [2.75, 3.05) is 5.32 Å². The molecule has 0 fully saturated rings. The minimum absolute atomic E-state index is 0.229. The minimum Gasteiger partial charge on any atom is -0.359 e. The van der Waals surface area contributed by atoms with Crippen LogP contribution >= 0.6 is 0 Å². The number of hydrogen-bond acceptors (Lipinski definition) is 6. The van der Waals surface area contributed by atoms with Gasteiger partial charge in [0.05, 0.1) is 5.69 Å². The standard InChI is InChI=1S/C17H13FN6O2/c1-9-15(10(2)26-23-9)22-16(25)14-7-13(11-3-5-12(18)6-4-11)21-17-19-8-20-24(14)17/h3-8H,1-2H3,(H,22,25). The van der Waals surface area contributed by atoms with Crippen LogP contribution < -0.4 is 5.32 Å². The van der Waals surface area contributed by atoms with Crippen molar-refractivity contribution in [3.05, 3.63) is 59.6 Å². The molecular weight excluding hydrogens is 339 g/mol. The third kappa shape index (κ3) is 2.69. The maximum atomic E-state index is 13.2. The maximum absolute atomic E-state index is 13.2. The lowest BCUT2D eigenvalue weighted by atomic mass is 10.1. The highest BCUT2D eigenvalue weighted by molar-refractivity contribution is 6.04. The number of carbonyl (C=O) groups excluding carboxylic acids is 1. The molecular formula is C17H13FN6O2. The molecule has 0 aliphatic heterocycles. The second kappa shape index (κ2) is 6.03. The molecule has 8 nitrogen and oxygen atoms in total. The van der Waals surface area contributed by atoms with E-state index >= 15 is 0 Å². The Kier molecular flexibility index (Phi) is 3.68. The topological polar surface area (TPSA) is 98.2 Å². The smallest absolute Gasteiger partial charge is 0.274 e. The van der Waals surface area contributed by atoms with E-state index in [0.717, 1.165) is 0 Å². The van der Waals surface area contributed by atoms with Gasteiger partial charge in [-0.3, -0.25) is 4.79 Å². The SMILES string of the molecule is Cc1noc(C)c1NC(=O)c1cc(-c2ccc(F)cc2)nc2ncnn12. The molecule has 3 heterocycles. The average Bonchev–Trinajstić information content (AvgIpc) is 3.23. The Morgan fingerprint density at radius 2 is 2.00 bits per heavy atom. The summed E-state index contributed by atoms with van der Waals surface area (Å²) in [5.74, 6) is -0.0106. The molecule has 0 saturated carbocycles. The highest BCUT2D eigenvalue weighted by Crippen LogP contribution is 2.22. The van der Waals surface area contributed by atoms with Gasteiger partial charge in [0, 0.05) is 5.56 Å². The number of anilines is 1. The van der Waals surface area contributed by atoms with Crippen molar-refractivity contribution < 1.29 is 13.7 Å². The minimum atomic E-state index is -0.416. The number of carbonyl (C=O) groups is 1. The Labute approximate surface area is 146 Å². The first-order chi connectivity index (χ1) is 12.5. The van der Waals surface area contributed by atoms with Gasteiger partial charge in [-0.05, 0) is 44.2 Å². The summed E-state index contributed by atoms with van der Waals surface area (Å²) in [6, 6.07) is 7.40. The molecule has 130 valence electrons. The van der Waals surface area contributed by atoms with Gasteiger partial charge >= 0.3 is 0 Å². The number of aryl methyl sites for hydroxylation is 2. The van der Waals surface area contributed by atoms with Crippen LogP contribution in [0.2, 0.25) is 0 Å². The summed E-state index contributed by atoms with van der Waals surface area (Å²) >= 11 is 0. The van der Waals surface area contributed by atoms with Crippen molar-refractivity contribution in [1.29, 1.82) is 0 Å². The number of aromatic nitrogens is 5. The van der Waals surface area contributed by atoms with E-state index in [-0.39, 0.29) is 17.3 Å². The van der Waals surface area contributed by atoms with Crippen LogP contribution in [0.25, 0.3) is 17.0 Å². The summed E-state index contributed by atoms with van der Waals surface area (Å²) in [6.45, 7) is 3.44. The summed E-state index contributed by atoms with van der Waals surface area (Å²) in [5.41, 5.74) is 2.44. The van der Waals surface area contributed by atoms with Crippen LogP contribution in [-0.4, -0.2) is 30.6 Å². The van der Waals surface area contributed by atoms with Crippen molar-refractivity contribution in [3.63, 3.8) is 0 Å². The fourth-order valence-corrected chi connectivity index (χ4v) is 2.58. The fraction of sp³-hybridized carbons (Fsp3) is 0.118. The Balaban J connectivity index is 1.79. The Morgan fingerprint density at radius 1 is 1.23 bits per heavy atom. The van der Waals surface area contributed by atoms with E-state index in [1.807, 2.05) is 0 Å². The van der Waals surface area contributed by atoms with Gasteiger partial charge in [0.1, 0.15) is 29.2 Å². The predicted octanol–water partition coefficient (Wildman–Crippen LogP) is 2.79.